The third kappa shape index (κ3) is 2.84. The molecular formula is C14H20N2S. The van der Waals surface area contributed by atoms with Crippen LogP contribution in [0.15, 0.2) is 23.1 Å². The van der Waals surface area contributed by atoms with Crippen molar-refractivity contribution >= 4 is 11.8 Å². The molecule has 92 valence electrons. The Morgan fingerprint density at radius 3 is 3.06 bits per heavy atom. The van der Waals surface area contributed by atoms with Gasteiger partial charge in [0.15, 0.2) is 0 Å². The molecule has 0 saturated heterocycles. The molecule has 1 aromatic rings. The molecule has 17 heavy (non-hydrogen) atoms. The van der Waals surface area contributed by atoms with Crippen LogP contribution in [0, 0.1) is 0 Å². The minimum Gasteiger partial charge on any atom is -0.324 e. The summed E-state index contributed by atoms with van der Waals surface area (Å²) < 4.78 is 0. The van der Waals surface area contributed by atoms with E-state index in [9.17, 15) is 0 Å². The fraction of sp³-hybridized carbons (Fsp3) is 0.571. The summed E-state index contributed by atoms with van der Waals surface area (Å²) in [6.07, 6.45) is 4.93. The van der Waals surface area contributed by atoms with Crippen LogP contribution in [-0.2, 0) is 13.0 Å². The van der Waals surface area contributed by atoms with Gasteiger partial charge in [0.2, 0.25) is 0 Å². The summed E-state index contributed by atoms with van der Waals surface area (Å²) in [7, 11) is 0. The first-order valence-corrected chi connectivity index (χ1v) is 7.48. The van der Waals surface area contributed by atoms with E-state index >= 15 is 0 Å². The zero-order chi connectivity index (χ0) is 11.7. The second-order valence-electron chi connectivity index (χ2n) is 5.36. The Bertz CT molecular complexity index is 413. The molecule has 3 N–H and O–H groups in total. The molecule has 3 rings (SSSR count). The van der Waals surface area contributed by atoms with Gasteiger partial charge in [-0.3, -0.25) is 0 Å². The van der Waals surface area contributed by atoms with Crippen molar-refractivity contribution in [2.45, 2.75) is 42.7 Å². The van der Waals surface area contributed by atoms with E-state index in [0.29, 0.717) is 0 Å². The number of thioether (sulfide) groups is 1. The van der Waals surface area contributed by atoms with E-state index in [-0.39, 0.29) is 5.54 Å². The summed E-state index contributed by atoms with van der Waals surface area (Å²) >= 11 is 2.00. The Kier molecular flexibility index (Phi) is 3.16. The van der Waals surface area contributed by atoms with Gasteiger partial charge in [-0.1, -0.05) is 12.1 Å². The Morgan fingerprint density at radius 1 is 1.35 bits per heavy atom. The van der Waals surface area contributed by atoms with Crippen molar-refractivity contribution in [3.05, 3.63) is 29.3 Å². The van der Waals surface area contributed by atoms with Gasteiger partial charge in [-0.15, -0.1) is 11.8 Å². The zero-order valence-corrected chi connectivity index (χ0v) is 11.0. The van der Waals surface area contributed by atoms with Gasteiger partial charge in [0.1, 0.15) is 0 Å². The minimum atomic E-state index is 0.115. The normalized spacial score (nSPS) is 21.0. The van der Waals surface area contributed by atoms with Crippen LogP contribution in [0.3, 0.4) is 0 Å². The first-order valence-electron chi connectivity index (χ1n) is 6.49. The van der Waals surface area contributed by atoms with Crippen LogP contribution < -0.4 is 11.1 Å². The van der Waals surface area contributed by atoms with Gasteiger partial charge in [0.05, 0.1) is 0 Å². The fourth-order valence-electron chi connectivity index (χ4n) is 2.32. The standard InChI is InChI=1S/C14H20N2S/c15-14(5-6-14)10-16-9-11-3-4-13-12(8-11)2-1-7-17-13/h3-4,8,16H,1-2,5-7,9-10,15H2. The van der Waals surface area contributed by atoms with E-state index in [1.165, 1.54) is 47.5 Å². The molecule has 0 unspecified atom stereocenters. The highest BCUT2D eigenvalue weighted by molar-refractivity contribution is 7.99. The molecular weight excluding hydrogens is 228 g/mol. The smallest absolute Gasteiger partial charge is 0.0282 e. The van der Waals surface area contributed by atoms with Gasteiger partial charge in [-0.2, -0.15) is 0 Å². The van der Waals surface area contributed by atoms with Crippen LogP contribution in [0.25, 0.3) is 0 Å². The monoisotopic (exact) mass is 248 g/mol. The molecule has 1 aliphatic carbocycles. The predicted molar refractivity (Wildman–Crippen MR) is 73.3 cm³/mol. The lowest BCUT2D eigenvalue weighted by atomic mass is 10.1. The summed E-state index contributed by atoms with van der Waals surface area (Å²) in [6, 6.07) is 6.90. The molecule has 0 aromatic heterocycles. The molecule has 0 amide bonds. The van der Waals surface area contributed by atoms with Crippen molar-refractivity contribution in [1.29, 1.82) is 0 Å². The maximum absolute atomic E-state index is 6.06. The van der Waals surface area contributed by atoms with Gasteiger partial charge >= 0.3 is 0 Å². The molecule has 0 radical (unpaired) electrons. The SMILES string of the molecule is NC1(CNCc2ccc3c(c2)CCCS3)CC1. The molecule has 1 aliphatic heterocycles. The Morgan fingerprint density at radius 2 is 2.24 bits per heavy atom. The lowest BCUT2D eigenvalue weighted by Crippen LogP contribution is -2.35. The van der Waals surface area contributed by atoms with Gasteiger partial charge < -0.3 is 11.1 Å². The molecule has 1 saturated carbocycles. The molecule has 1 heterocycles. The van der Waals surface area contributed by atoms with Gasteiger partial charge in [0.25, 0.3) is 0 Å². The van der Waals surface area contributed by atoms with Crippen molar-refractivity contribution in [2.24, 2.45) is 5.73 Å². The molecule has 2 nitrogen and oxygen atoms in total. The van der Waals surface area contributed by atoms with Crippen molar-refractivity contribution in [1.82, 2.24) is 5.32 Å². The third-order valence-electron chi connectivity index (χ3n) is 3.67. The van der Waals surface area contributed by atoms with Crippen LogP contribution in [0.1, 0.15) is 30.4 Å². The first-order chi connectivity index (χ1) is 8.25. The van der Waals surface area contributed by atoms with E-state index in [0.717, 1.165) is 13.1 Å². The van der Waals surface area contributed by atoms with E-state index in [1.54, 1.807) is 0 Å². The van der Waals surface area contributed by atoms with Crippen LogP contribution in [-0.4, -0.2) is 17.8 Å². The average Bonchev–Trinajstić information content (AvgIpc) is 3.07. The topological polar surface area (TPSA) is 38.0 Å². The number of benzene rings is 1. The van der Waals surface area contributed by atoms with Crippen LogP contribution in [0.4, 0.5) is 0 Å². The summed E-state index contributed by atoms with van der Waals surface area (Å²) in [6.45, 7) is 1.91. The average molecular weight is 248 g/mol. The molecule has 1 aromatic carbocycles. The van der Waals surface area contributed by atoms with Crippen molar-refractivity contribution < 1.29 is 0 Å². The molecule has 0 atom stereocenters. The predicted octanol–water partition coefficient (Wildman–Crippen LogP) is 2.31. The maximum Gasteiger partial charge on any atom is 0.0282 e. The van der Waals surface area contributed by atoms with Crippen molar-refractivity contribution in [2.75, 3.05) is 12.3 Å². The zero-order valence-electron chi connectivity index (χ0n) is 10.2. The minimum absolute atomic E-state index is 0.115. The van der Waals surface area contributed by atoms with Crippen molar-refractivity contribution in [3.63, 3.8) is 0 Å². The Balaban J connectivity index is 1.59. The van der Waals surface area contributed by atoms with E-state index in [1.807, 2.05) is 11.8 Å². The van der Waals surface area contributed by atoms with E-state index < -0.39 is 0 Å². The fourth-order valence-corrected chi connectivity index (χ4v) is 3.34. The van der Waals surface area contributed by atoms with Gasteiger partial charge in [-0.25, -0.2) is 0 Å². The molecule has 0 bridgehead atoms. The third-order valence-corrected chi connectivity index (χ3v) is 4.87. The van der Waals surface area contributed by atoms with E-state index in [2.05, 4.69) is 23.5 Å². The van der Waals surface area contributed by atoms with Crippen LogP contribution in [0.5, 0.6) is 0 Å². The highest BCUT2D eigenvalue weighted by atomic mass is 32.2. The van der Waals surface area contributed by atoms with Gasteiger partial charge in [0, 0.05) is 23.5 Å². The number of aryl methyl sites for hydroxylation is 1. The summed E-state index contributed by atoms with van der Waals surface area (Å²) in [5.74, 6) is 1.28. The molecule has 1 fully saturated rings. The number of nitrogens with two attached hydrogens (primary N) is 1. The summed E-state index contributed by atoms with van der Waals surface area (Å²) in [5, 5.41) is 3.48. The van der Waals surface area contributed by atoms with Crippen LogP contribution in [0.2, 0.25) is 0 Å². The van der Waals surface area contributed by atoms with Gasteiger partial charge in [-0.05, 0) is 48.6 Å². The molecule has 3 heteroatoms. The maximum atomic E-state index is 6.06. The van der Waals surface area contributed by atoms with E-state index in [4.69, 9.17) is 5.73 Å². The number of fused-ring (bicyclic) bond motifs is 1. The largest absolute Gasteiger partial charge is 0.324 e. The number of hydrogen-bond acceptors (Lipinski definition) is 3. The lowest BCUT2D eigenvalue weighted by Gasteiger charge is -2.16. The van der Waals surface area contributed by atoms with Crippen molar-refractivity contribution in [3.8, 4) is 0 Å². The second kappa shape index (κ2) is 4.63. The number of rotatable bonds is 4. The number of nitrogens with one attached hydrogen (secondary N) is 1. The van der Waals surface area contributed by atoms with Crippen LogP contribution >= 0.6 is 11.8 Å². The Hall–Kier alpha value is -0.510. The lowest BCUT2D eigenvalue weighted by molar-refractivity contribution is 0.569. The summed E-state index contributed by atoms with van der Waals surface area (Å²) in [4.78, 5) is 1.48. The molecule has 0 spiro atoms. The summed E-state index contributed by atoms with van der Waals surface area (Å²) in [5.41, 5.74) is 9.11. The highest BCUT2D eigenvalue weighted by Crippen LogP contribution is 2.32. The quantitative estimate of drug-likeness (QED) is 0.858. The first kappa shape index (κ1) is 11.6. The second-order valence-corrected chi connectivity index (χ2v) is 6.50. The number of hydrogen-bond donors (Lipinski definition) is 2. The highest BCUT2D eigenvalue weighted by Gasteiger charge is 2.37. The molecule has 2 aliphatic rings. The Labute approximate surface area is 107 Å².